The zero-order valence-electron chi connectivity index (χ0n) is 11.3. The van der Waals surface area contributed by atoms with Crippen LogP contribution in [0.25, 0.3) is 0 Å². The molecule has 1 saturated heterocycles. The molecule has 0 aliphatic carbocycles. The summed E-state index contributed by atoms with van der Waals surface area (Å²) in [6, 6.07) is 5.56. The number of hydrogen-bond acceptors (Lipinski definition) is 4. The van der Waals surface area contributed by atoms with Crippen molar-refractivity contribution in [1.29, 1.82) is 0 Å². The summed E-state index contributed by atoms with van der Waals surface area (Å²) >= 11 is 0. The predicted octanol–water partition coefficient (Wildman–Crippen LogP) is 1.19. The molecule has 8 heteroatoms. The number of rotatable bonds is 4. The number of benzene rings is 1. The van der Waals surface area contributed by atoms with Crippen molar-refractivity contribution in [2.75, 3.05) is 13.1 Å². The first-order chi connectivity index (χ1) is 10.0. The van der Waals surface area contributed by atoms with Crippen molar-refractivity contribution in [3.63, 3.8) is 0 Å². The van der Waals surface area contributed by atoms with Gasteiger partial charge in [0.25, 0.3) is 0 Å². The van der Waals surface area contributed by atoms with Gasteiger partial charge in [0.05, 0.1) is 18.0 Å². The fourth-order valence-electron chi connectivity index (χ4n) is 2.47. The van der Waals surface area contributed by atoms with E-state index in [4.69, 9.17) is 0 Å². The third-order valence-corrected chi connectivity index (χ3v) is 5.41. The molecular formula is C13H15FN4O2S. The molecule has 0 saturated carbocycles. The van der Waals surface area contributed by atoms with Crippen molar-refractivity contribution in [3.05, 3.63) is 48.0 Å². The van der Waals surface area contributed by atoms with E-state index in [-0.39, 0.29) is 17.6 Å². The van der Waals surface area contributed by atoms with E-state index in [1.54, 1.807) is 17.1 Å². The minimum absolute atomic E-state index is 0.0236. The van der Waals surface area contributed by atoms with Crippen LogP contribution in [0, 0.1) is 5.82 Å². The number of nitrogens with zero attached hydrogens (tertiary/aromatic N) is 4. The third-order valence-electron chi connectivity index (χ3n) is 3.60. The van der Waals surface area contributed by atoms with E-state index in [0.29, 0.717) is 25.1 Å². The fraction of sp³-hybridized carbons (Fsp3) is 0.385. The number of sulfonamides is 1. The average Bonchev–Trinajstić information content (AvgIpc) is 3.11. The minimum atomic E-state index is -3.40. The molecule has 3 rings (SSSR count). The van der Waals surface area contributed by atoms with Gasteiger partial charge in [-0.2, -0.15) is 4.31 Å². The monoisotopic (exact) mass is 310 g/mol. The molecule has 0 radical (unpaired) electrons. The summed E-state index contributed by atoms with van der Waals surface area (Å²) in [5.74, 6) is -0.485. The smallest absolute Gasteiger partial charge is 0.218 e. The van der Waals surface area contributed by atoms with Crippen molar-refractivity contribution < 1.29 is 12.8 Å². The van der Waals surface area contributed by atoms with Crippen LogP contribution in [0.2, 0.25) is 0 Å². The highest BCUT2D eigenvalue weighted by Gasteiger charge is 2.32. The van der Waals surface area contributed by atoms with Gasteiger partial charge in [-0.1, -0.05) is 17.3 Å². The number of halogens is 1. The average molecular weight is 310 g/mol. The zero-order chi connectivity index (χ0) is 14.9. The molecule has 0 bridgehead atoms. The Hall–Kier alpha value is -1.80. The molecule has 1 aromatic heterocycles. The molecule has 21 heavy (non-hydrogen) atoms. The van der Waals surface area contributed by atoms with Gasteiger partial charge in [0, 0.05) is 19.3 Å². The lowest BCUT2D eigenvalue weighted by Crippen LogP contribution is -2.30. The van der Waals surface area contributed by atoms with Crippen LogP contribution in [0.3, 0.4) is 0 Å². The Morgan fingerprint density at radius 2 is 2.05 bits per heavy atom. The van der Waals surface area contributed by atoms with Crippen molar-refractivity contribution in [2.24, 2.45) is 0 Å². The summed E-state index contributed by atoms with van der Waals surface area (Å²) in [6.07, 6.45) is 4.03. The van der Waals surface area contributed by atoms with Crippen LogP contribution in [-0.4, -0.2) is 40.8 Å². The molecule has 2 aromatic rings. The highest BCUT2D eigenvalue weighted by molar-refractivity contribution is 7.88. The van der Waals surface area contributed by atoms with Crippen LogP contribution in [0.15, 0.2) is 36.7 Å². The highest BCUT2D eigenvalue weighted by atomic mass is 32.2. The fourth-order valence-corrected chi connectivity index (χ4v) is 4.05. The Labute approximate surface area is 122 Å². The molecule has 112 valence electrons. The topological polar surface area (TPSA) is 68.1 Å². The summed E-state index contributed by atoms with van der Waals surface area (Å²) in [5.41, 5.74) is 0.584. The molecule has 2 heterocycles. The second-order valence-corrected chi connectivity index (χ2v) is 7.04. The Morgan fingerprint density at radius 1 is 1.29 bits per heavy atom. The van der Waals surface area contributed by atoms with Crippen molar-refractivity contribution in [3.8, 4) is 0 Å². The van der Waals surface area contributed by atoms with Gasteiger partial charge in [0.2, 0.25) is 10.0 Å². The zero-order valence-corrected chi connectivity index (χ0v) is 12.1. The molecule has 1 atom stereocenters. The maximum absolute atomic E-state index is 12.9. The van der Waals surface area contributed by atoms with Crippen LogP contribution >= 0.6 is 0 Å². The predicted molar refractivity (Wildman–Crippen MR) is 74.3 cm³/mol. The Morgan fingerprint density at radius 3 is 2.71 bits per heavy atom. The quantitative estimate of drug-likeness (QED) is 0.851. The second kappa shape index (κ2) is 5.53. The van der Waals surface area contributed by atoms with Crippen molar-refractivity contribution in [2.45, 2.75) is 18.2 Å². The van der Waals surface area contributed by atoms with E-state index in [1.807, 2.05) is 0 Å². The number of hydrogen-bond donors (Lipinski definition) is 0. The highest BCUT2D eigenvalue weighted by Crippen LogP contribution is 2.24. The van der Waals surface area contributed by atoms with Gasteiger partial charge in [-0.15, -0.1) is 5.10 Å². The van der Waals surface area contributed by atoms with Gasteiger partial charge in [-0.25, -0.2) is 17.5 Å². The molecule has 1 fully saturated rings. The second-order valence-electron chi connectivity index (χ2n) is 5.07. The SMILES string of the molecule is O=S(=O)(Cc1ccc(F)cc1)N1CCC(n2ccnn2)C1. The van der Waals surface area contributed by atoms with Gasteiger partial charge < -0.3 is 0 Å². The van der Waals surface area contributed by atoms with Gasteiger partial charge in [0.1, 0.15) is 5.82 Å². The van der Waals surface area contributed by atoms with Crippen LogP contribution in [0.5, 0.6) is 0 Å². The maximum Gasteiger partial charge on any atom is 0.218 e. The molecule has 0 N–H and O–H groups in total. The van der Waals surface area contributed by atoms with Gasteiger partial charge in [-0.05, 0) is 24.1 Å². The summed E-state index contributed by atoms with van der Waals surface area (Å²) in [7, 11) is -3.40. The van der Waals surface area contributed by atoms with E-state index < -0.39 is 10.0 Å². The van der Waals surface area contributed by atoms with Gasteiger partial charge in [-0.3, -0.25) is 0 Å². The standard InChI is InChI=1S/C13H15FN4O2S/c14-12-3-1-11(2-4-12)10-21(19,20)17-7-5-13(9-17)18-8-6-15-16-18/h1-4,6,8,13H,5,7,9-10H2. The Bertz CT molecular complexity index is 700. The van der Waals surface area contributed by atoms with E-state index in [0.717, 1.165) is 0 Å². The molecule has 0 amide bonds. The Kier molecular flexibility index (Phi) is 3.73. The molecule has 1 aromatic carbocycles. The lowest BCUT2D eigenvalue weighted by atomic mass is 10.2. The van der Waals surface area contributed by atoms with Crippen LogP contribution < -0.4 is 0 Å². The molecular weight excluding hydrogens is 295 g/mol. The van der Waals surface area contributed by atoms with Gasteiger partial charge in [0.15, 0.2) is 0 Å². The molecule has 1 aliphatic heterocycles. The largest absolute Gasteiger partial charge is 0.248 e. The van der Waals surface area contributed by atoms with Crippen LogP contribution in [-0.2, 0) is 15.8 Å². The molecule has 1 aliphatic rings. The van der Waals surface area contributed by atoms with Gasteiger partial charge >= 0.3 is 0 Å². The normalized spacial score (nSPS) is 20.0. The van der Waals surface area contributed by atoms with E-state index in [2.05, 4.69) is 10.3 Å². The van der Waals surface area contributed by atoms with Crippen molar-refractivity contribution >= 4 is 10.0 Å². The lowest BCUT2D eigenvalue weighted by molar-refractivity contribution is 0.428. The first kappa shape index (κ1) is 14.2. The Balaban J connectivity index is 1.70. The van der Waals surface area contributed by atoms with E-state index in [9.17, 15) is 12.8 Å². The third kappa shape index (κ3) is 3.11. The maximum atomic E-state index is 12.9. The van der Waals surface area contributed by atoms with Crippen LogP contribution in [0.1, 0.15) is 18.0 Å². The molecule has 6 nitrogen and oxygen atoms in total. The molecule has 0 spiro atoms. The summed E-state index contributed by atoms with van der Waals surface area (Å²) < 4.78 is 40.8. The van der Waals surface area contributed by atoms with E-state index in [1.165, 1.54) is 28.6 Å². The molecule has 1 unspecified atom stereocenters. The summed E-state index contributed by atoms with van der Waals surface area (Å²) in [6.45, 7) is 0.862. The number of aromatic nitrogens is 3. The van der Waals surface area contributed by atoms with Crippen molar-refractivity contribution in [1.82, 2.24) is 19.3 Å². The summed E-state index contributed by atoms with van der Waals surface area (Å²) in [5, 5.41) is 7.65. The first-order valence-electron chi connectivity index (χ1n) is 6.63. The first-order valence-corrected chi connectivity index (χ1v) is 8.23. The van der Waals surface area contributed by atoms with E-state index >= 15 is 0 Å². The summed E-state index contributed by atoms with van der Waals surface area (Å²) in [4.78, 5) is 0. The van der Waals surface area contributed by atoms with Crippen LogP contribution in [0.4, 0.5) is 4.39 Å². The lowest BCUT2D eigenvalue weighted by Gasteiger charge is -2.16. The minimum Gasteiger partial charge on any atom is -0.248 e.